The van der Waals surface area contributed by atoms with Gasteiger partial charge in [-0.15, -0.1) is 0 Å². The first-order valence-corrected chi connectivity index (χ1v) is 11.0. The van der Waals surface area contributed by atoms with Crippen molar-refractivity contribution in [3.63, 3.8) is 0 Å². The van der Waals surface area contributed by atoms with Crippen LogP contribution in [-0.4, -0.2) is 35.9 Å². The molecule has 2 aliphatic rings. The van der Waals surface area contributed by atoms with Gasteiger partial charge in [0, 0.05) is 0 Å². The van der Waals surface area contributed by atoms with Crippen molar-refractivity contribution < 1.29 is 27.9 Å². The molecule has 3 aromatic carbocycles. The molecular weight excluding hydrogens is 456 g/mol. The molecule has 7 nitrogen and oxygen atoms in total. The number of amides is 4. The average Bonchev–Trinajstić information content (AvgIpc) is 3.09. The van der Waals surface area contributed by atoms with E-state index in [4.69, 9.17) is 4.74 Å². The van der Waals surface area contributed by atoms with E-state index in [0.29, 0.717) is 11.4 Å². The van der Waals surface area contributed by atoms with Crippen LogP contribution in [0.25, 0.3) is 0 Å². The summed E-state index contributed by atoms with van der Waals surface area (Å²) in [6.07, 6.45) is 0. The van der Waals surface area contributed by atoms with E-state index in [2.05, 4.69) is 5.32 Å². The molecule has 0 spiro atoms. The molecule has 1 N–H and O–H groups in total. The van der Waals surface area contributed by atoms with Crippen LogP contribution in [0.2, 0.25) is 0 Å². The Hall–Kier alpha value is -4.27. The van der Waals surface area contributed by atoms with Crippen LogP contribution in [0.3, 0.4) is 0 Å². The fourth-order valence-electron chi connectivity index (χ4n) is 4.47. The Balaban J connectivity index is 1.46. The summed E-state index contributed by atoms with van der Waals surface area (Å²) in [5.74, 6) is -2.93. The first-order valence-electron chi connectivity index (χ1n) is 11.0. The Morgan fingerprint density at radius 2 is 1.74 bits per heavy atom. The van der Waals surface area contributed by atoms with Crippen LogP contribution >= 0.6 is 0 Å². The van der Waals surface area contributed by atoms with Crippen LogP contribution < -0.4 is 15.0 Å². The predicted octanol–water partition coefficient (Wildman–Crippen LogP) is 3.90. The number of ether oxygens (including phenoxy) is 1. The normalized spacial score (nSPS) is 21.4. The average molecular weight is 477 g/mol. The Bertz CT molecular complexity index is 1330. The maximum absolute atomic E-state index is 13.8. The van der Waals surface area contributed by atoms with Gasteiger partial charge < -0.3 is 10.1 Å². The van der Waals surface area contributed by atoms with Gasteiger partial charge in [-0.25, -0.2) is 13.6 Å². The molecule has 3 aromatic rings. The van der Waals surface area contributed by atoms with E-state index in [1.165, 1.54) is 17.9 Å². The monoisotopic (exact) mass is 477 g/mol. The van der Waals surface area contributed by atoms with Crippen molar-refractivity contribution in [2.24, 2.45) is 0 Å². The molecule has 0 aromatic heterocycles. The van der Waals surface area contributed by atoms with Gasteiger partial charge in [0.05, 0.1) is 11.7 Å². The number of nitrogens with one attached hydrogen (secondary N) is 1. The van der Waals surface area contributed by atoms with Crippen molar-refractivity contribution in [1.82, 2.24) is 10.2 Å². The molecule has 0 bridgehead atoms. The fourth-order valence-corrected chi connectivity index (χ4v) is 4.47. The number of nitrogens with zero attached hydrogens (tertiary/aromatic N) is 2. The Morgan fingerprint density at radius 3 is 2.49 bits per heavy atom. The Kier molecular flexibility index (Phi) is 5.47. The lowest BCUT2D eigenvalue weighted by molar-refractivity contribution is -0.134. The summed E-state index contributed by atoms with van der Waals surface area (Å²) in [6.45, 7) is 1.04. The molecular formula is C26H21F2N3O4. The second-order valence-electron chi connectivity index (χ2n) is 8.54. The van der Waals surface area contributed by atoms with Gasteiger partial charge in [-0.1, -0.05) is 48.5 Å². The third-order valence-electron chi connectivity index (χ3n) is 6.35. The molecule has 2 atom stereocenters. The number of halogens is 2. The minimum atomic E-state index is -1.65. The summed E-state index contributed by atoms with van der Waals surface area (Å²) in [4.78, 5) is 42.0. The maximum atomic E-state index is 13.8. The molecule has 9 heteroatoms. The topological polar surface area (TPSA) is 79.0 Å². The first-order chi connectivity index (χ1) is 16.8. The second-order valence-corrected chi connectivity index (χ2v) is 8.54. The van der Waals surface area contributed by atoms with Crippen LogP contribution in [0, 0.1) is 11.6 Å². The molecule has 2 heterocycles. The van der Waals surface area contributed by atoms with Crippen LogP contribution in [0.4, 0.5) is 19.3 Å². The lowest BCUT2D eigenvalue weighted by Gasteiger charge is -2.37. The van der Waals surface area contributed by atoms with E-state index in [-0.39, 0.29) is 12.2 Å². The standard InChI is InChI=1S/C26H21F2N3O4/c1-26(17-11-12-18(27)19(28)13-17)24(33)30(25(34)29-26)14-23(32)31-20-9-5-6-10-22(20)35-15-21(31)16-7-3-2-4-8-16/h2-13,21H,14-15H2,1H3,(H,29,34)/t21-,26-/m0/s1. The summed E-state index contributed by atoms with van der Waals surface area (Å²) < 4.78 is 33.1. The van der Waals surface area contributed by atoms with Gasteiger partial charge in [-0.3, -0.25) is 19.4 Å². The summed E-state index contributed by atoms with van der Waals surface area (Å²) in [7, 11) is 0. The van der Waals surface area contributed by atoms with E-state index in [9.17, 15) is 23.2 Å². The number of imide groups is 1. The number of anilines is 1. The number of urea groups is 1. The van der Waals surface area contributed by atoms with Crippen molar-refractivity contribution in [3.8, 4) is 5.75 Å². The minimum Gasteiger partial charge on any atom is -0.489 e. The number of carbonyl (C=O) groups excluding carboxylic acids is 3. The molecule has 35 heavy (non-hydrogen) atoms. The number of hydrogen-bond donors (Lipinski definition) is 1. The smallest absolute Gasteiger partial charge is 0.325 e. The number of fused-ring (bicyclic) bond motifs is 1. The summed E-state index contributed by atoms with van der Waals surface area (Å²) in [5, 5.41) is 2.52. The van der Waals surface area contributed by atoms with Gasteiger partial charge in [-0.2, -0.15) is 0 Å². The van der Waals surface area contributed by atoms with Gasteiger partial charge in [0.1, 0.15) is 24.4 Å². The van der Waals surface area contributed by atoms with Crippen molar-refractivity contribution >= 4 is 23.5 Å². The van der Waals surface area contributed by atoms with Crippen molar-refractivity contribution in [1.29, 1.82) is 0 Å². The third kappa shape index (κ3) is 3.78. The molecule has 1 fully saturated rings. The van der Waals surface area contributed by atoms with Crippen LogP contribution in [-0.2, 0) is 15.1 Å². The van der Waals surface area contributed by atoms with Crippen LogP contribution in [0.1, 0.15) is 24.1 Å². The van der Waals surface area contributed by atoms with E-state index in [1.54, 1.807) is 24.3 Å². The molecule has 0 unspecified atom stereocenters. The number of rotatable bonds is 4. The van der Waals surface area contributed by atoms with E-state index in [0.717, 1.165) is 22.6 Å². The summed E-state index contributed by atoms with van der Waals surface area (Å²) >= 11 is 0. The zero-order chi connectivity index (χ0) is 24.7. The minimum absolute atomic E-state index is 0.0728. The summed E-state index contributed by atoms with van der Waals surface area (Å²) in [5.41, 5.74) is -0.219. The SMILES string of the molecule is C[C@@]1(c2ccc(F)c(F)c2)NC(=O)N(CC(=O)N2c3ccccc3OC[C@H]2c2ccccc2)C1=O. The largest absolute Gasteiger partial charge is 0.489 e. The predicted molar refractivity (Wildman–Crippen MR) is 123 cm³/mol. The highest BCUT2D eigenvalue weighted by Gasteiger charge is 2.50. The molecule has 0 saturated carbocycles. The highest BCUT2D eigenvalue weighted by atomic mass is 19.2. The van der Waals surface area contributed by atoms with E-state index < -0.39 is 47.6 Å². The van der Waals surface area contributed by atoms with Crippen LogP contribution in [0.15, 0.2) is 72.8 Å². The highest BCUT2D eigenvalue weighted by molar-refractivity contribution is 6.11. The van der Waals surface area contributed by atoms with E-state index in [1.807, 2.05) is 30.3 Å². The van der Waals surface area contributed by atoms with E-state index >= 15 is 0 Å². The maximum Gasteiger partial charge on any atom is 0.325 e. The molecule has 1 saturated heterocycles. The third-order valence-corrected chi connectivity index (χ3v) is 6.35. The number of benzene rings is 3. The van der Waals surface area contributed by atoms with Crippen LogP contribution in [0.5, 0.6) is 5.75 Å². The highest BCUT2D eigenvalue weighted by Crippen LogP contribution is 2.39. The Labute approximate surface area is 199 Å². The molecule has 5 rings (SSSR count). The van der Waals surface area contributed by atoms with Gasteiger partial charge >= 0.3 is 6.03 Å². The van der Waals surface area contributed by atoms with Crippen molar-refractivity contribution in [2.75, 3.05) is 18.1 Å². The second kappa shape index (κ2) is 8.50. The lowest BCUT2D eigenvalue weighted by atomic mass is 9.92. The molecule has 2 aliphatic heterocycles. The van der Waals surface area contributed by atoms with Crippen molar-refractivity contribution in [3.05, 3.63) is 95.6 Å². The molecule has 0 aliphatic carbocycles. The number of hydrogen-bond acceptors (Lipinski definition) is 4. The zero-order valence-corrected chi connectivity index (χ0v) is 18.7. The fraction of sp³-hybridized carbons (Fsp3) is 0.192. The quantitative estimate of drug-likeness (QED) is 0.579. The first kappa shape index (κ1) is 22.5. The Morgan fingerprint density at radius 1 is 1.03 bits per heavy atom. The summed E-state index contributed by atoms with van der Waals surface area (Å²) in [6, 6.07) is 18.0. The van der Waals surface area contributed by atoms with Gasteiger partial charge in [0.25, 0.3) is 5.91 Å². The zero-order valence-electron chi connectivity index (χ0n) is 18.7. The van der Waals surface area contributed by atoms with Gasteiger partial charge in [-0.05, 0) is 42.3 Å². The lowest BCUT2D eigenvalue weighted by Crippen LogP contribution is -2.48. The molecule has 4 amide bonds. The van der Waals surface area contributed by atoms with Gasteiger partial charge in [0.2, 0.25) is 5.91 Å². The molecule has 0 radical (unpaired) electrons. The van der Waals surface area contributed by atoms with Crippen molar-refractivity contribution in [2.45, 2.75) is 18.5 Å². The number of para-hydroxylation sites is 2. The molecule has 178 valence electrons. The number of carbonyl (C=O) groups is 3. The van der Waals surface area contributed by atoms with Gasteiger partial charge in [0.15, 0.2) is 11.6 Å².